The van der Waals surface area contributed by atoms with Gasteiger partial charge in [0.1, 0.15) is 18.1 Å². The second-order valence-electron chi connectivity index (χ2n) is 15.8. The van der Waals surface area contributed by atoms with E-state index in [1.54, 1.807) is 37.3 Å². The van der Waals surface area contributed by atoms with Gasteiger partial charge in [0.2, 0.25) is 29.4 Å². The van der Waals surface area contributed by atoms with Crippen molar-refractivity contribution < 1.29 is 57.7 Å². The van der Waals surface area contributed by atoms with Gasteiger partial charge in [-0.15, -0.1) is 0 Å². The number of nitrogens with zero attached hydrogens (tertiary/aromatic N) is 1. The summed E-state index contributed by atoms with van der Waals surface area (Å²) in [5.41, 5.74) is 6.76. The van der Waals surface area contributed by atoms with E-state index in [2.05, 4.69) is 26.6 Å². The van der Waals surface area contributed by atoms with Gasteiger partial charge in [-0.05, 0) is 54.5 Å². The smallest absolute Gasteiger partial charge is 0.407 e. The molecular weight excluding hydrogens is 843 g/mol. The Bertz CT molecular complexity index is 2150. The summed E-state index contributed by atoms with van der Waals surface area (Å²) in [5, 5.41) is 21.9. The number of likely N-dealkylation sites (tertiary alicyclic amines) is 1. The van der Waals surface area contributed by atoms with E-state index >= 15 is 0 Å². The van der Waals surface area contributed by atoms with Crippen LogP contribution < -0.4 is 32.3 Å². The fraction of sp³-hybridized carbons (Fsp3) is 0.413. The number of carboxylic acids is 1. The van der Waals surface area contributed by atoms with Crippen molar-refractivity contribution in [1.82, 2.24) is 31.5 Å². The predicted molar refractivity (Wildman–Crippen MR) is 235 cm³/mol. The SMILES string of the molecule is CCCC(NC(=O)[C@@H]1C[C@@H](OCc2ccccc2)CN1C(=O)[C@H](CCCNC(=O)c1cccc(C(=O)O)c1)NC(=O)OCC(C)C)C(=O)C(=O)NCC(=O)N[C@H](C(N)=O)c1ccccc1. The predicted octanol–water partition coefficient (Wildman–Crippen LogP) is 2.14. The Kier molecular flexibility index (Phi) is 19.6. The summed E-state index contributed by atoms with van der Waals surface area (Å²) < 4.78 is 11.5. The first kappa shape index (κ1) is 50.5. The molecule has 19 heteroatoms. The number of carbonyl (C=O) groups excluding carboxylic acids is 8. The van der Waals surface area contributed by atoms with Crippen LogP contribution in [0, 0.1) is 5.92 Å². The first-order chi connectivity index (χ1) is 31.1. The number of ketones is 1. The van der Waals surface area contributed by atoms with Crippen LogP contribution in [-0.4, -0.2) is 114 Å². The number of aromatic carboxylic acids is 1. The van der Waals surface area contributed by atoms with E-state index in [1.165, 1.54) is 29.2 Å². The van der Waals surface area contributed by atoms with E-state index in [9.17, 15) is 48.3 Å². The van der Waals surface area contributed by atoms with Gasteiger partial charge in [-0.1, -0.05) is 93.9 Å². The van der Waals surface area contributed by atoms with Crippen LogP contribution in [0.15, 0.2) is 84.9 Å². The molecule has 0 spiro atoms. The molecule has 348 valence electrons. The number of Topliss-reactive ketones (excluding diaryl/α,β-unsaturated/α-hetero) is 1. The van der Waals surface area contributed by atoms with Crippen LogP contribution in [0.5, 0.6) is 0 Å². The van der Waals surface area contributed by atoms with E-state index in [1.807, 2.05) is 44.2 Å². The lowest BCUT2D eigenvalue weighted by Gasteiger charge is -2.29. The summed E-state index contributed by atoms with van der Waals surface area (Å²) in [7, 11) is 0. The third-order valence-electron chi connectivity index (χ3n) is 10.2. The Balaban J connectivity index is 1.49. The number of benzene rings is 3. The number of nitrogens with two attached hydrogens (primary N) is 1. The average molecular weight is 900 g/mol. The van der Waals surface area contributed by atoms with Crippen LogP contribution in [-0.2, 0) is 44.8 Å². The number of carboxylic acid groups (broad SMARTS) is 1. The van der Waals surface area contributed by atoms with Crippen molar-refractivity contribution in [2.45, 2.75) is 89.8 Å². The molecule has 0 aliphatic carbocycles. The highest BCUT2D eigenvalue weighted by Gasteiger charge is 2.44. The summed E-state index contributed by atoms with van der Waals surface area (Å²) in [4.78, 5) is 119. The topological polar surface area (TPSA) is 282 Å². The molecule has 7 amide bonds. The Morgan fingerprint density at radius 3 is 2.14 bits per heavy atom. The maximum Gasteiger partial charge on any atom is 0.407 e. The van der Waals surface area contributed by atoms with Gasteiger partial charge in [0.25, 0.3) is 11.8 Å². The summed E-state index contributed by atoms with van der Waals surface area (Å²) in [5.74, 6) is -7.11. The van der Waals surface area contributed by atoms with Gasteiger partial charge in [0, 0.05) is 25.1 Å². The molecule has 1 fully saturated rings. The number of carbonyl (C=O) groups is 9. The van der Waals surface area contributed by atoms with Crippen LogP contribution in [0.25, 0.3) is 0 Å². The molecule has 0 radical (unpaired) electrons. The summed E-state index contributed by atoms with van der Waals surface area (Å²) >= 11 is 0. The highest BCUT2D eigenvalue weighted by molar-refractivity contribution is 6.38. The van der Waals surface area contributed by atoms with Gasteiger partial charge in [0.15, 0.2) is 0 Å². The fourth-order valence-electron chi connectivity index (χ4n) is 6.89. The van der Waals surface area contributed by atoms with E-state index < -0.39 is 90.1 Å². The van der Waals surface area contributed by atoms with Crippen molar-refractivity contribution in [2.24, 2.45) is 11.7 Å². The molecule has 1 unspecified atom stereocenters. The standard InChI is InChI=1S/C46H57N7O12/c1-4-13-34(39(55)43(59)49-24-37(54)52-38(40(47)56)30-16-9-6-10-17-30)50-42(58)36-23-33(64-27-29-14-7-5-8-15-29)25-53(36)44(60)35(51-46(63)65-26-28(2)3)20-12-21-48-41(57)31-18-11-19-32(22-31)45(61)62/h5-11,14-19,22,28,33-36,38H,4,12-13,20-21,23-27H2,1-3H3,(H2,47,56)(H,48,57)(H,49,59)(H,50,58)(H,51,63)(H,52,54)(H,61,62)/t33-,34?,35+,36+,38+/m1/s1. The summed E-state index contributed by atoms with van der Waals surface area (Å²) in [6, 6.07) is 17.8. The Morgan fingerprint density at radius 1 is 0.815 bits per heavy atom. The van der Waals surface area contributed by atoms with E-state index in [0.29, 0.717) is 12.0 Å². The lowest BCUT2D eigenvalue weighted by atomic mass is 10.0. The minimum Gasteiger partial charge on any atom is -0.478 e. The Morgan fingerprint density at radius 2 is 1.49 bits per heavy atom. The highest BCUT2D eigenvalue weighted by Crippen LogP contribution is 2.24. The van der Waals surface area contributed by atoms with Gasteiger partial charge in [-0.25, -0.2) is 9.59 Å². The van der Waals surface area contributed by atoms with Crippen molar-refractivity contribution in [1.29, 1.82) is 0 Å². The molecule has 0 saturated carbocycles. The Hall–Kier alpha value is -7.15. The normalized spacial score (nSPS) is 15.7. The second kappa shape index (κ2) is 25.2. The molecule has 1 heterocycles. The molecule has 3 aromatic rings. The summed E-state index contributed by atoms with van der Waals surface area (Å²) in [6.07, 6.45) is -1.07. The number of primary amides is 1. The molecule has 19 nitrogen and oxygen atoms in total. The number of hydrogen-bond donors (Lipinski definition) is 7. The molecule has 8 N–H and O–H groups in total. The van der Waals surface area contributed by atoms with Gasteiger partial charge in [-0.3, -0.25) is 33.6 Å². The van der Waals surface area contributed by atoms with Crippen LogP contribution in [0.3, 0.4) is 0 Å². The van der Waals surface area contributed by atoms with Crippen molar-refractivity contribution in [3.8, 4) is 0 Å². The maximum atomic E-state index is 14.5. The van der Waals surface area contributed by atoms with E-state index in [4.69, 9.17) is 15.2 Å². The zero-order valence-electron chi connectivity index (χ0n) is 36.6. The molecule has 0 bridgehead atoms. The van der Waals surface area contributed by atoms with Crippen LogP contribution in [0.4, 0.5) is 4.79 Å². The number of ether oxygens (including phenoxy) is 2. The molecule has 0 aromatic heterocycles. The first-order valence-electron chi connectivity index (χ1n) is 21.3. The third kappa shape index (κ3) is 15.9. The average Bonchev–Trinajstić information content (AvgIpc) is 3.74. The lowest BCUT2D eigenvalue weighted by molar-refractivity contribution is -0.143. The Labute approximate surface area is 376 Å². The largest absolute Gasteiger partial charge is 0.478 e. The lowest BCUT2D eigenvalue weighted by Crippen LogP contribution is -2.56. The van der Waals surface area contributed by atoms with Crippen molar-refractivity contribution >= 4 is 53.3 Å². The number of nitrogens with one attached hydrogen (secondary N) is 5. The summed E-state index contributed by atoms with van der Waals surface area (Å²) in [6.45, 7) is 4.85. The molecule has 65 heavy (non-hydrogen) atoms. The molecule has 5 atom stereocenters. The van der Waals surface area contributed by atoms with Gasteiger partial charge in [0.05, 0.1) is 37.5 Å². The molecule has 1 aliphatic rings. The third-order valence-corrected chi connectivity index (χ3v) is 10.2. The van der Waals surface area contributed by atoms with E-state index in [0.717, 1.165) is 5.56 Å². The molecule has 1 saturated heterocycles. The number of alkyl carbamates (subject to hydrolysis) is 1. The zero-order chi connectivity index (χ0) is 47.5. The van der Waals surface area contributed by atoms with Crippen molar-refractivity contribution in [2.75, 3.05) is 26.2 Å². The first-order valence-corrected chi connectivity index (χ1v) is 21.3. The fourth-order valence-corrected chi connectivity index (χ4v) is 6.89. The van der Waals surface area contributed by atoms with Crippen LogP contribution in [0.1, 0.15) is 90.8 Å². The van der Waals surface area contributed by atoms with Gasteiger partial charge < -0.3 is 51.8 Å². The quantitative estimate of drug-likeness (QED) is 0.0503. The van der Waals surface area contributed by atoms with Crippen molar-refractivity contribution in [3.05, 3.63) is 107 Å². The van der Waals surface area contributed by atoms with Crippen LogP contribution >= 0.6 is 0 Å². The monoisotopic (exact) mass is 899 g/mol. The molecular formula is C46H57N7O12. The number of amides is 7. The minimum absolute atomic E-state index is 0.0117. The van der Waals surface area contributed by atoms with Gasteiger partial charge in [-0.2, -0.15) is 0 Å². The molecule has 1 aliphatic heterocycles. The molecule has 3 aromatic carbocycles. The zero-order valence-corrected chi connectivity index (χ0v) is 36.6. The number of rotatable bonds is 24. The van der Waals surface area contributed by atoms with Crippen LogP contribution in [0.2, 0.25) is 0 Å². The molecule has 4 rings (SSSR count). The highest BCUT2D eigenvalue weighted by atomic mass is 16.5. The van der Waals surface area contributed by atoms with Gasteiger partial charge >= 0.3 is 12.1 Å². The minimum atomic E-state index is -1.36. The number of hydrogen-bond acceptors (Lipinski definition) is 11. The maximum absolute atomic E-state index is 14.5. The van der Waals surface area contributed by atoms with Crippen molar-refractivity contribution in [3.63, 3.8) is 0 Å². The van der Waals surface area contributed by atoms with E-state index in [-0.39, 0.29) is 69.0 Å². The second-order valence-corrected chi connectivity index (χ2v) is 15.8.